The molecule has 10 heteroatoms. The first-order valence-electron chi connectivity index (χ1n) is 9.38. The van der Waals surface area contributed by atoms with Crippen LogP contribution in [0.3, 0.4) is 0 Å². The minimum Gasteiger partial charge on any atom is -0.299 e. The van der Waals surface area contributed by atoms with E-state index in [-0.39, 0.29) is 11.4 Å². The molecule has 1 aromatic heterocycles. The molecule has 1 aliphatic rings. The molecule has 156 valence electrons. The third-order valence-electron chi connectivity index (χ3n) is 4.82. The number of carbonyl (C=O) groups is 1. The SMILES string of the molecule is O=C(Nc1nnc(Cc2ccccc2)s1)[C@@H]1CCCN1S(=O)(=O)c1ccc(F)cc1. The highest BCUT2D eigenvalue weighted by molar-refractivity contribution is 7.89. The fraction of sp³-hybridized carbons (Fsp3) is 0.250. The van der Waals surface area contributed by atoms with Crippen LogP contribution in [0.25, 0.3) is 0 Å². The molecule has 0 saturated carbocycles. The fourth-order valence-corrected chi connectivity index (χ4v) is 5.80. The molecule has 0 bridgehead atoms. The number of nitrogens with one attached hydrogen (secondary N) is 1. The maximum Gasteiger partial charge on any atom is 0.244 e. The van der Waals surface area contributed by atoms with Crippen LogP contribution in [0.4, 0.5) is 9.52 Å². The second-order valence-electron chi connectivity index (χ2n) is 6.88. The van der Waals surface area contributed by atoms with Gasteiger partial charge in [0, 0.05) is 13.0 Å². The van der Waals surface area contributed by atoms with Gasteiger partial charge < -0.3 is 0 Å². The number of nitrogens with zero attached hydrogens (tertiary/aromatic N) is 3. The lowest BCUT2D eigenvalue weighted by Crippen LogP contribution is -2.43. The van der Waals surface area contributed by atoms with Crippen molar-refractivity contribution in [3.05, 3.63) is 71.0 Å². The van der Waals surface area contributed by atoms with Crippen molar-refractivity contribution in [3.63, 3.8) is 0 Å². The number of hydrogen-bond donors (Lipinski definition) is 1. The number of benzene rings is 2. The summed E-state index contributed by atoms with van der Waals surface area (Å²) < 4.78 is 40.2. The van der Waals surface area contributed by atoms with Crippen molar-refractivity contribution in [1.82, 2.24) is 14.5 Å². The van der Waals surface area contributed by atoms with E-state index in [1.165, 1.54) is 27.8 Å². The number of sulfonamides is 1. The van der Waals surface area contributed by atoms with E-state index >= 15 is 0 Å². The van der Waals surface area contributed by atoms with Gasteiger partial charge in [0.1, 0.15) is 16.9 Å². The third-order valence-corrected chi connectivity index (χ3v) is 7.58. The zero-order chi connectivity index (χ0) is 21.1. The number of halogens is 1. The lowest BCUT2D eigenvalue weighted by atomic mass is 10.2. The first-order valence-corrected chi connectivity index (χ1v) is 11.6. The van der Waals surface area contributed by atoms with Crippen molar-refractivity contribution < 1.29 is 17.6 Å². The van der Waals surface area contributed by atoms with E-state index in [1.807, 2.05) is 30.3 Å². The maximum absolute atomic E-state index is 13.2. The van der Waals surface area contributed by atoms with Crippen LogP contribution in [0, 0.1) is 5.82 Å². The first kappa shape index (κ1) is 20.6. The van der Waals surface area contributed by atoms with E-state index in [0.717, 1.165) is 22.7 Å². The van der Waals surface area contributed by atoms with Crippen molar-refractivity contribution >= 4 is 32.4 Å². The number of aromatic nitrogens is 2. The van der Waals surface area contributed by atoms with Crippen molar-refractivity contribution in [2.24, 2.45) is 0 Å². The Morgan fingerprint density at radius 2 is 1.87 bits per heavy atom. The van der Waals surface area contributed by atoms with Gasteiger partial charge >= 0.3 is 0 Å². The Bertz CT molecular complexity index is 1130. The first-order chi connectivity index (χ1) is 14.4. The summed E-state index contributed by atoms with van der Waals surface area (Å²) in [6.45, 7) is 0.229. The molecule has 4 rings (SSSR count). The van der Waals surface area contributed by atoms with Gasteiger partial charge in [-0.05, 0) is 42.7 Å². The molecule has 0 radical (unpaired) electrons. The zero-order valence-electron chi connectivity index (χ0n) is 15.9. The van der Waals surface area contributed by atoms with Crippen LogP contribution >= 0.6 is 11.3 Å². The Morgan fingerprint density at radius 1 is 1.13 bits per heavy atom. The topological polar surface area (TPSA) is 92.3 Å². The second kappa shape index (κ2) is 8.58. The van der Waals surface area contributed by atoms with Gasteiger partial charge in [0.15, 0.2) is 0 Å². The van der Waals surface area contributed by atoms with Gasteiger partial charge in [0.2, 0.25) is 21.1 Å². The van der Waals surface area contributed by atoms with Crippen molar-refractivity contribution in [2.75, 3.05) is 11.9 Å². The summed E-state index contributed by atoms with van der Waals surface area (Å²) in [5, 5.41) is 11.9. The van der Waals surface area contributed by atoms with Crippen molar-refractivity contribution in [2.45, 2.75) is 30.2 Å². The molecule has 1 fully saturated rings. The molecule has 1 saturated heterocycles. The Kier molecular flexibility index (Phi) is 5.89. The highest BCUT2D eigenvalue weighted by atomic mass is 32.2. The monoisotopic (exact) mass is 446 g/mol. The Morgan fingerprint density at radius 3 is 2.60 bits per heavy atom. The maximum atomic E-state index is 13.2. The standard InChI is InChI=1S/C20H19FN4O3S2/c21-15-8-10-16(11-9-15)30(27,28)25-12-4-7-17(25)19(26)22-20-24-23-18(29-20)13-14-5-2-1-3-6-14/h1-3,5-6,8-11,17H,4,7,12-13H2,(H,22,24,26)/t17-/m0/s1. The average Bonchev–Trinajstić information content (AvgIpc) is 3.39. The van der Waals surface area contributed by atoms with E-state index in [0.29, 0.717) is 24.4 Å². The average molecular weight is 447 g/mol. The predicted molar refractivity (Wildman–Crippen MR) is 111 cm³/mol. The lowest BCUT2D eigenvalue weighted by Gasteiger charge is -2.22. The van der Waals surface area contributed by atoms with Crippen LogP contribution in [0.1, 0.15) is 23.4 Å². The molecule has 0 unspecified atom stereocenters. The normalized spacial score (nSPS) is 17.2. The van der Waals surface area contributed by atoms with Crippen LogP contribution in [-0.2, 0) is 21.2 Å². The van der Waals surface area contributed by atoms with Gasteiger partial charge in [0.05, 0.1) is 4.90 Å². The van der Waals surface area contributed by atoms with E-state index < -0.39 is 27.8 Å². The molecular weight excluding hydrogens is 427 g/mol. The van der Waals surface area contributed by atoms with Gasteiger partial charge in [0.25, 0.3) is 0 Å². The largest absolute Gasteiger partial charge is 0.299 e. The fourth-order valence-electron chi connectivity index (χ4n) is 3.37. The number of carbonyl (C=O) groups excluding carboxylic acids is 1. The van der Waals surface area contributed by atoms with Crippen molar-refractivity contribution in [1.29, 1.82) is 0 Å². The van der Waals surface area contributed by atoms with Gasteiger partial charge in [-0.25, -0.2) is 12.8 Å². The summed E-state index contributed by atoms with van der Waals surface area (Å²) in [4.78, 5) is 12.7. The van der Waals surface area contributed by atoms with Gasteiger partial charge in [-0.15, -0.1) is 10.2 Å². The third kappa shape index (κ3) is 4.40. The molecule has 1 aliphatic heterocycles. The van der Waals surface area contributed by atoms with E-state index in [4.69, 9.17) is 0 Å². The molecule has 0 aliphatic carbocycles. The Labute approximate surface area is 177 Å². The number of hydrogen-bond acceptors (Lipinski definition) is 6. The van der Waals surface area contributed by atoms with Crippen molar-refractivity contribution in [3.8, 4) is 0 Å². The molecule has 0 spiro atoms. The summed E-state index contributed by atoms with van der Waals surface area (Å²) in [5.74, 6) is -0.965. The zero-order valence-corrected chi connectivity index (χ0v) is 17.5. The smallest absolute Gasteiger partial charge is 0.244 e. The van der Waals surface area contributed by atoms with Crippen LogP contribution < -0.4 is 5.32 Å². The summed E-state index contributed by atoms with van der Waals surface area (Å²) in [5.41, 5.74) is 1.08. The summed E-state index contributed by atoms with van der Waals surface area (Å²) >= 11 is 1.26. The Hall–Kier alpha value is -2.69. The van der Waals surface area contributed by atoms with Crippen LogP contribution in [-0.4, -0.2) is 41.4 Å². The molecule has 2 heterocycles. The minimum atomic E-state index is -3.90. The highest BCUT2D eigenvalue weighted by Gasteiger charge is 2.39. The summed E-state index contributed by atoms with van der Waals surface area (Å²) in [7, 11) is -3.90. The van der Waals surface area contributed by atoms with E-state index in [9.17, 15) is 17.6 Å². The molecule has 2 aromatic carbocycles. The molecule has 1 atom stereocenters. The quantitative estimate of drug-likeness (QED) is 0.628. The highest BCUT2D eigenvalue weighted by Crippen LogP contribution is 2.28. The molecule has 3 aromatic rings. The van der Waals surface area contributed by atoms with Gasteiger partial charge in [-0.3, -0.25) is 10.1 Å². The summed E-state index contributed by atoms with van der Waals surface area (Å²) in [6.07, 6.45) is 1.57. The molecular formula is C20H19FN4O3S2. The minimum absolute atomic E-state index is 0.0373. The second-order valence-corrected chi connectivity index (χ2v) is 9.83. The molecule has 7 nitrogen and oxygen atoms in total. The van der Waals surface area contributed by atoms with E-state index in [2.05, 4.69) is 15.5 Å². The van der Waals surface area contributed by atoms with Gasteiger partial charge in [-0.2, -0.15) is 4.31 Å². The Balaban J connectivity index is 1.46. The number of anilines is 1. The van der Waals surface area contributed by atoms with Crippen LogP contribution in [0.5, 0.6) is 0 Å². The van der Waals surface area contributed by atoms with Crippen LogP contribution in [0.2, 0.25) is 0 Å². The van der Waals surface area contributed by atoms with Gasteiger partial charge in [-0.1, -0.05) is 41.7 Å². The lowest BCUT2D eigenvalue weighted by molar-refractivity contribution is -0.119. The number of rotatable bonds is 6. The molecule has 1 amide bonds. The van der Waals surface area contributed by atoms with Crippen LogP contribution in [0.15, 0.2) is 59.5 Å². The molecule has 1 N–H and O–H groups in total. The summed E-state index contributed by atoms with van der Waals surface area (Å²) in [6, 6.07) is 13.5. The molecule has 30 heavy (non-hydrogen) atoms. The predicted octanol–water partition coefficient (Wildman–Crippen LogP) is 3.06. The van der Waals surface area contributed by atoms with E-state index in [1.54, 1.807) is 0 Å². The number of amides is 1.